The molecule has 3 heterocycles. The van der Waals surface area contributed by atoms with Crippen LogP contribution in [0.4, 0.5) is 0 Å². The third-order valence-corrected chi connectivity index (χ3v) is 6.64. The summed E-state index contributed by atoms with van der Waals surface area (Å²) in [6.45, 7) is 7.80. The van der Waals surface area contributed by atoms with Gasteiger partial charge in [0.25, 0.3) is 0 Å². The highest BCUT2D eigenvalue weighted by atomic mass is 16.7. The maximum atomic E-state index is 10.2. The van der Waals surface area contributed by atoms with Crippen LogP contribution in [-0.2, 0) is 37.9 Å². The van der Waals surface area contributed by atoms with Crippen LogP contribution in [0.15, 0.2) is 0 Å². The average Bonchev–Trinajstić information content (AvgIpc) is 2.73. The van der Waals surface area contributed by atoms with Gasteiger partial charge in [-0.15, -0.1) is 0 Å². The Balaban J connectivity index is 1.60. The quantitative estimate of drug-likeness (QED) is 0.624. The molecule has 3 aliphatic heterocycles. The number of aliphatic hydroxyl groups excluding tert-OH is 1. The fourth-order valence-corrected chi connectivity index (χ4v) is 4.89. The fourth-order valence-electron chi connectivity index (χ4n) is 4.89. The number of aliphatic hydroxyl groups is 1. The van der Waals surface area contributed by atoms with Crippen LogP contribution in [0.5, 0.6) is 0 Å². The van der Waals surface area contributed by atoms with Crippen LogP contribution in [-0.4, -0.2) is 100 Å². The molecule has 0 aromatic carbocycles. The van der Waals surface area contributed by atoms with Crippen molar-refractivity contribution in [2.75, 3.05) is 21.3 Å². The summed E-state index contributed by atoms with van der Waals surface area (Å²) >= 11 is 0. The topological polar surface area (TPSA) is 94.1 Å². The molecule has 0 bridgehead atoms. The van der Waals surface area contributed by atoms with Gasteiger partial charge in [-0.1, -0.05) is 0 Å². The Kier molecular flexibility index (Phi) is 9.11. The van der Waals surface area contributed by atoms with E-state index in [-0.39, 0.29) is 54.9 Å². The van der Waals surface area contributed by atoms with Gasteiger partial charge in [-0.25, -0.2) is 0 Å². The van der Waals surface area contributed by atoms with Crippen molar-refractivity contribution < 1.29 is 43.0 Å². The van der Waals surface area contributed by atoms with Crippen LogP contribution in [0.1, 0.15) is 47.0 Å². The number of ether oxygens (including phenoxy) is 8. The van der Waals surface area contributed by atoms with Gasteiger partial charge in [0.15, 0.2) is 12.6 Å². The smallest absolute Gasteiger partial charge is 0.161 e. The highest BCUT2D eigenvalue weighted by Crippen LogP contribution is 2.33. The molecule has 0 radical (unpaired) electrons. The lowest BCUT2D eigenvalue weighted by Gasteiger charge is -2.45. The molecule has 182 valence electrons. The summed E-state index contributed by atoms with van der Waals surface area (Å²) in [7, 11) is 4.95. The lowest BCUT2D eigenvalue weighted by Crippen LogP contribution is -2.56. The van der Waals surface area contributed by atoms with E-state index in [0.29, 0.717) is 12.8 Å². The summed E-state index contributed by atoms with van der Waals surface area (Å²) in [6.07, 6.45) is -1.76. The van der Waals surface area contributed by atoms with Crippen LogP contribution in [0.25, 0.3) is 0 Å². The summed E-state index contributed by atoms with van der Waals surface area (Å²) in [6, 6.07) is 0. The Bertz CT molecular complexity index is 549. The van der Waals surface area contributed by atoms with Crippen molar-refractivity contribution in [3.05, 3.63) is 0 Å². The Morgan fingerprint density at radius 2 is 1.06 bits per heavy atom. The molecule has 12 unspecified atom stereocenters. The molecule has 0 aromatic rings. The lowest BCUT2D eigenvalue weighted by molar-refractivity contribution is -0.329. The van der Waals surface area contributed by atoms with Gasteiger partial charge in [0, 0.05) is 40.6 Å². The lowest BCUT2D eigenvalue weighted by atomic mass is 9.98. The number of methoxy groups -OCH3 is 3. The first kappa shape index (κ1) is 25.3. The minimum atomic E-state index is -0.683. The van der Waals surface area contributed by atoms with Crippen molar-refractivity contribution in [1.29, 1.82) is 0 Å². The first-order valence-corrected chi connectivity index (χ1v) is 11.3. The number of hydrogen-bond acceptors (Lipinski definition) is 9. The van der Waals surface area contributed by atoms with Crippen LogP contribution < -0.4 is 0 Å². The predicted molar refractivity (Wildman–Crippen MR) is 111 cm³/mol. The minimum Gasteiger partial charge on any atom is -0.388 e. The zero-order valence-electron chi connectivity index (χ0n) is 19.8. The molecule has 9 nitrogen and oxygen atoms in total. The fraction of sp³-hybridized carbons (Fsp3) is 1.00. The normalized spacial score (nSPS) is 49.2. The largest absolute Gasteiger partial charge is 0.388 e. The van der Waals surface area contributed by atoms with Crippen molar-refractivity contribution in [2.45, 2.75) is 121 Å². The van der Waals surface area contributed by atoms with Crippen molar-refractivity contribution in [1.82, 2.24) is 0 Å². The van der Waals surface area contributed by atoms with E-state index in [9.17, 15) is 5.11 Å². The van der Waals surface area contributed by atoms with Crippen LogP contribution in [0, 0.1) is 0 Å². The number of hydrogen-bond donors (Lipinski definition) is 1. The maximum absolute atomic E-state index is 10.2. The molecule has 0 aromatic heterocycles. The average molecular weight is 449 g/mol. The van der Waals surface area contributed by atoms with E-state index in [2.05, 4.69) is 0 Å². The molecule has 1 N–H and O–H groups in total. The van der Waals surface area contributed by atoms with E-state index in [1.165, 1.54) is 0 Å². The molecule has 3 aliphatic rings. The second-order valence-electron chi connectivity index (χ2n) is 8.91. The van der Waals surface area contributed by atoms with E-state index in [1.54, 1.807) is 21.3 Å². The van der Waals surface area contributed by atoms with E-state index >= 15 is 0 Å². The zero-order chi connectivity index (χ0) is 22.7. The van der Waals surface area contributed by atoms with Crippen molar-refractivity contribution in [2.24, 2.45) is 0 Å². The molecule has 9 heteroatoms. The summed E-state index contributed by atoms with van der Waals surface area (Å²) in [4.78, 5) is 0. The van der Waals surface area contributed by atoms with Crippen molar-refractivity contribution in [3.8, 4) is 0 Å². The summed E-state index contributed by atoms with van der Waals surface area (Å²) < 4.78 is 47.3. The van der Waals surface area contributed by atoms with Gasteiger partial charge in [-0.3, -0.25) is 0 Å². The maximum Gasteiger partial charge on any atom is 0.161 e. The third-order valence-electron chi connectivity index (χ3n) is 6.64. The monoisotopic (exact) mass is 448 g/mol. The van der Waals surface area contributed by atoms with Gasteiger partial charge in [-0.2, -0.15) is 0 Å². The Morgan fingerprint density at radius 1 is 0.613 bits per heavy atom. The number of rotatable bonds is 7. The van der Waals surface area contributed by atoms with E-state index in [1.807, 2.05) is 27.7 Å². The molecule has 3 rings (SSSR count). The van der Waals surface area contributed by atoms with E-state index in [0.717, 1.165) is 6.42 Å². The van der Waals surface area contributed by atoms with E-state index in [4.69, 9.17) is 37.9 Å². The van der Waals surface area contributed by atoms with Gasteiger partial charge in [-0.05, 0) is 27.7 Å². The third kappa shape index (κ3) is 5.96. The predicted octanol–water partition coefficient (Wildman–Crippen LogP) is 1.63. The summed E-state index contributed by atoms with van der Waals surface area (Å²) in [5.41, 5.74) is 0. The molecule has 12 atom stereocenters. The molecule has 3 fully saturated rings. The summed E-state index contributed by atoms with van der Waals surface area (Å²) in [5.74, 6) is 0. The van der Waals surface area contributed by atoms with E-state index < -0.39 is 18.7 Å². The summed E-state index contributed by atoms with van der Waals surface area (Å²) in [5, 5.41) is 10.2. The van der Waals surface area contributed by atoms with Gasteiger partial charge in [0.2, 0.25) is 0 Å². The van der Waals surface area contributed by atoms with Crippen LogP contribution >= 0.6 is 0 Å². The minimum absolute atomic E-state index is 0.0536. The Morgan fingerprint density at radius 3 is 1.61 bits per heavy atom. The zero-order valence-corrected chi connectivity index (χ0v) is 19.8. The van der Waals surface area contributed by atoms with Crippen molar-refractivity contribution >= 4 is 0 Å². The van der Waals surface area contributed by atoms with Crippen LogP contribution in [0.2, 0.25) is 0 Å². The first-order chi connectivity index (χ1) is 14.8. The second-order valence-corrected chi connectivity index (χ2v) is 8.91. The van der Waals surface area contributed by atoms with Crippen molar-refractivity contribution in [3.63, 3.8) is 0 Å². The van der Waals surface area contributed by atoms with Gasteiger partial charge in [0.1, 0.15) is 18.3 Å². The Labute approximate surface area is 185 Å². The molecule has 0 saturated carbocycles. The van der Waals surface area contributed by atoms with Gasteiger partial charge in [0.05, 0.1) is 42.7 Å². The first-order valence-electron chi connectivity index (χ1n) is 11.3. The van der Waals surface area contributed by atoms with Crippen LogP contribution in [0.3, 0.4) is 0 Å². The SMILES string of the molecule is COC1CC(OC2C(C)OC(OC3C(C)OC(C)CC3OC)CC2OC)OC(C)C1O. The molecular formula is C22H40O9. The Hall–Kier alpha value is -0.360. The highest BCUT2D eigenvalue weighted by molar-refractivity contribution is 4.89. The molecular weight excluding hydrogens is 408 g/mol. The highest BCUT2D eigenvalue weighted by Gasteiger charge is 2.45. The van der Waals surface area contributed by atoms with Gasteiger partial charge >= 0.3 is 0 Å². The molecule has 0 amide bonds. The standard InChI is InChI=1S/C22H40O9/c1-11-8-16(25-6)21(13(3)27-11)31-19-10-17(26-7)22(14(4)29-19)30-18-9-15(24-5)20(23)12(2)28-18/h11-23H,8-10H2,1-7H3. The molecule has 3 saturated heterocycles. The van der Waals surface area contributed by atoms with Gasteiger partial charge < -0.3 is 43.0 Å². The molecule has 31 heavy (non-hydrogen) atoms. The second kappa shape index (κ2) is 11.2. The molecule has 0 spiro atoms. The molecule has 0 aliphatic carbocycles.